The molecule has 7 heteroatoms. The Kier molecular flexibility index (Phi) is 6.03. The highest BCUT2D eigenvalue weighted by atomic mass is 31.1. The Balaban J connectivity index is 1.91. The van der Waals surface area contributed by atoms with Crippen molar-refractivity contribution >= 4 is 25.1 Å². The van der Waals surface area contributed by atoms with Crippen molar-refractivity contribution in [2.24, 2.45) is 0 Å². The number of phenols is 1. The van der Waals surface area contributed by atoms with Crippen molar-refractivity contribution in [1.29, 1.82) is 0 Å². The largest absolute Gasteiger partial charge is 0.508 e. The standard InChI is InChI=1S/C24H23N2O4P/c1-16(27)26-24(19-12-6-8-14-21(19)29)31(18-10-4-3-5-11-18)23(25-26)20-13-7-9-15-22(20)30-17(2)28/h3-15,23-25,29H,1-2H3/t23-,24+,31?/m1/s1. The Morgan fingerprint density at radius 1 is 0.903 bits per heavy atom. The third-order valence-electron chi connectivity index (χ3n) is 5.12. The number of carbonyl (C=O) groups excluding carboxylic acids is 2. The van der Waals surface area contributed by atoms with E-state index in [1.807, 2.05) is 60.7 Å². The molecule has 3 aromatic rings. The molecule has 1 amide bonds. The topological polar surface area (TPSA) is 78.9 Å². The van der Waals surface area contributed by atoms with E-state index >= 15 is 0 Å². The van der Waals surface area contributed by atoms with E-state index in [9.17, 15) is 14.7 Å². The van der Waals surface area contributed by atoms with Crippen LogP contribution in [0.3, 0.4) is 0 Å². The first kappa shape index (κ1) is 21.0. The molecule has 1 aliphatic rings. The number of hydrazine groups is 1. The fourth-order valence-corrected chi connectivity index (χ4v) is 6.99. The molecule has 0 aliphatic carbocycles. The van der Waals surface area contributed by atoms with Crippen LogP contribution in [0.1, 0.15) is 36.5 Å². The maximum absolute atomic E-state index is 12.7. The Morgan fingerprint density at radius 3 is 2.16 bits per heavy atom. The van der Waals surface area contributed by atoms with Gasteiger partial charge >= 0.3 is 5.97 Å². The lowest BCUT2D eigenvalue weighted by Crippen LogP contribution is -2.37. The van der Waals surface area contributed by atoms with Crippen LogP contribution in [-0.4, -0.2) is 22.0 Å². The number of para-hydroxylation sites is 2. The fourth-order valence-electron chi connectivity index (χ4n) is 3.85. The van der Waals surface area contributed by atoms with Gasteiger partial charge in [0.25, 0.3) is 0 Å². The van der Waals surface area contributed by atoms with Gasteiger partial charge in [0.05, 0.1) is 5.78 Å². The Morgan fingerprint density at radius 2 is 1.52 bits per heavy atom. The zero-order valence-corrected chi connectivity index (χ0v) is 18.1. The molecule has 1 saturated heterocycles. The molecule has 1 aliphatic heterocycles. The number of benzene rings is 3. The number of rotatable bonds is 4. The monoisotopic (exact) mass is 434 g/mol. The quantitative estimate of drug-likeness (QED) is 0.366. The zero-order chi connectivity index (χ0) is 22.0. The van der Waals surface area contributed by atoms with Gasteiger partial charge in [-0.2, -0.15) is 0 Å². The molecule has 0 bridgehead atoms. The number of nitrogens with zero attached hydrogens (tertiary/aromatic N) is 1. The number of hydrogen-bond donors (Lipinski definition) is 2. The van der Waals surface area contributed by atoms with Crippen LogP contribution in [-0.2, 0) is 9.59 Å². The molecule has 0 radical (unpaired) electrons. The van der Waals surface area contributed by atoms with Crippen LogP contribution in [0.4, 0.5) is 0 Å². The van der Waals surface area contributed by atoms with Crippen molar-refractivity contribution in [3.63, 3.8) is 0 Å². The van der Waals surface area contributed by atoms with Crippen molar-refractivity contribution < 1.29 is 19.4 Å². The first-order valence-electron chi connectivity index (χ1n) is 9.92. The van der Waals surface area contributed by atoms with E-state index in [2.05, 4.69) is 5.43 Å². The maximum Gasteiger partial charge on any atom is 0.308 e. The molecule has 3 atom stereocenters. The van der Waals surface area contributed by atoms with E-state index < -0.39 is 19.7 Å². The number of nitrogens with one attached hydrogen (secondary N) is 1. The van der Waals surface area contributed by atoms with Crippen molar-refractivity contribution in [2.75, 3.05) is 0 Å². The second kappa shape index (κ2) is 8.88. The van der Waals surface area contributed by atoms with Gasteiger partial charge in [0.15, 0.2) is 0 Å². The molecule has 3 aromatic carbocycles. The summed E-state index contributed by atoms with van der Waals surface area (Å²) < 4.78 is 5.48. The summed E-state index contributed by atoms with van der Waals surface area (Å²) in [5.41, 5.74) is 4.82. The average Bonchev–Trinajstić information content (AvgIpc) is 3.15. The highest BCUT2D eigenvalue weighted by molar-refractivity contribution is 7.66. The summed E-state index contributed by atoms with van der Waals surface area (Å²) in [6.07, 6.45) is 0. The van der Waals surface area contributed by atoms with Crippen LogP contribution < -0.4 is 15.5 Å². The lowest BCUT2D eigenvalue weighted by molar-refractivity contribution is -0.133. The van der Waals surface area contributed by atoms with E-state index in [1.54, 1.807) is 23.2 Å². The third kappa shape index (κ3) is 4.18. The number of aromatic hydroxyl groups is 1. The highest BCUT2D eigenvalue weighted by Gasteiger charge is 2.46. The normalized spacial score (nSPS) is 20.5. The van der Waals surface area contributed by atoms with Gasteiger partial charge in [-0.15, -0.1) is 0 Å². The number of ether oxygens (including phenoxy) is 1. The molecule has 31 heavy (non-hydrogen) atoms. The van der Waals surface area contributed by atoms with E-state index in [-0.39, 0.29) is 17.4 Å². The number of hydrogen-bond acceptors (Lipinski definition) is 5. The van der Waals surface area contributed by atoms with Crippen LogP contribution in [0.2, 0.25) is 0 Å². The third-order valence-corrected chi connectivity index (χ3v) is 8.00. The Labute approximate surface area is 182 Å². The van der Waals surface area contributed by atoms with Crippen molar-refractivity contribution in [1.82, 2.24) is 10.4 Å². The Hall–Kier alpha value is -3.21. The molecule has 6 nitrogen and oxygen atoms in total. The number of esters is 1. The molecule has 1 fully saturated rings. The van der Waals surface area contributed by atoms with Crippen molar-refractivity contribution in [3.05, 3.63) is 90.0 Å². The van der Waals surface area contributed by atoms with Gasteiger partial charge in [-0.3, -0.25) is 14.6 Å². The van der Waals surface area contributed by atoms with Crippen molar-refractivity contribution in [2.45, 2.75) is 25.4 Å². The minimum absolute atomic E-state index is 0.137. The van der Waals surface area contributed by atoms with Crippen LogP contribution in [0.5, 0.6) is 11.5 Å². The lowest BCUT2D eigenvalue weighted by atomic mass is 10.2. The maximum atomic E-state index is 12.7. The predicted molar refractivity (Wildman–Crippen MR) is 120 cm³/mol. The van der Waals surface area contributed by atoms with E-state index in [0.29, 0.717) is 11.3 Å². The minimum Gasteiger partial charge on any atom is -0.508 e. The summed E-state index contributed by atoms with van der Waals surface area (Å²) in [6, 6.07) is 24.4. The van der Waals surface area contributed by atoms with Gasteiger partial charge in [-0.1, -0.05) is 66.7 Å². The molecule has 158 valence electrons. The molecule has 0 saturated carbocycles. The average molecular weight is 434 g/mol. The van der Waals surface area contributed by atoms with E-state index in [4.69, 9.17) is 4.74 Å². The molecule has 4 rings (SSSR count). The highest BCUT2D eigenvalue weighted by Crippen LogP contribution is 2.66. The second-order valence-electron chi connectivity index (χ2n) is 7.23. The number of phenolic OH excluding ortho intramolecular Hbond substituents is 1. The van der Waals surface area contributed by atoms with Gasteiger partial charge < -0.3 is 9.84 Å². The first-order valence-corrected chi connectivity index (χ1v) is 11.4. The number of amides is 1. The summed E-state index contributed by atoms with van der Waals surface area (Å²) in [6.45, 7) is 2.87. The molecule has 1 heterocycles. The minimum atomic E-state index is -1.11. The summed E-state index contributed by atoms with van der Waals surface area (Å²) in [4.78, 5) is 24.4. The van der Waals surface area contributed by atoms with Gasteiger partial charge in [0.1, 0.15) is 17.3 Å². The summed E-state index contributed by atoms with van der Waals surface area (Å²) in [7, 11) is -1.11. The van der Waals surface area contributed by atoms with Gasteiger partial charge in [-0.25, -0.2) is 5.43 Å². The van der Waals surface area contributed by atoms with Crippen molar-refractivity contribution in [3.8, 4) is 11.5 Å². The summed E-state index contributed by atoms with van der Waals surface area (Å²) >= 11 is 0. The van der Waals surface area contributed by atoms with Gasteiger partial charge in [0, 0.05) is 25.0 Å². The second-order valence-corrected chi connectivity index (χ2v) is 9.56. The molecule has 0 spiro atoms. The Bertz CT molecular complexity index is 1110. The van der Waals surface area contributed by atoms with Crippen LogP contribution in [0, 0.1) is 0 Å². The smallest absolute Gasteiger partial charge is 0.308 e. The van der Waals surface area contributed by atoms with Gasteiger partial charge in [-0.05, 0) is 25.4 Å². The van der Waals surface area contributed by atoms with Crippen LogP contribution in [0.15, 0.2) is 78.9 Å². The lowest BCUT2D eigenvalue weighted by Gasteiger charge is -2.28. The molecular weight excluding hydrogens is 411 g/mol. The van der Waals surface area contributed by atoms with Crippen LogP contribution in [0.25, 0.3) is 0 Å². The summed E-state index contributed by atoms with van der Waals surface area (Å²) in [5.74, 6) is -0.678. The molecule has 0 aromatic heterocycles. The summed E-state index contributed by atoms with van der Waals surface area (Å²) in [5, 5.41) is 13.3. The van der Waals surface area contributed by atoms with Crippen LogP contribution >= 0.6 is 7.92 Å². The number of carbonyl (C=O) groups is 2. The predicted octanol–water partition coefficient (Wildman–Crippen LogP) is 4.19. The van der Waals surface area contributed by atoms with Gasteiger partial charge in [0.2, 0.25) is 5.91 Å². The molecule has 1 unspecified atom stereocenters. The zero-order valence-electron chi connectivity index (χ0n) is 17.2. The fraction of sp³-hybridized carbons (Fsp3) is 0.167. The SMILES string of the molecule is CC(=O)Oc1ccccc1[C@@H]1NN(C(C)=O)[C@H](c2ccccc2O)P1c1ccccc1. The first-order chi connectivity index (χ1) is 15.0. The molecule has 2 N–H and O–H groups in total. The molecular formula is C24H23N2O4P. The van der Waals surface area contributed by atoms with E-state index in [1.165, 1.54) is 13.8 Å². The van der Waals surface area contributed by atoms with E-state index in [0.717, 1.165) is 10.9 Å².